The Labute approximate surface area is 91.3 Å². The second kappa shape index (κ2) is 3.97. The highest BCUT2D eigenvalue weighted by molar-refractivity contribution is 6.03. The standard InChI is InChI=1S/C9H10N6O/c1-15-9(12-5-13-15)14-8(16)6-2-3-7(10)11-4-6/h2-5H,1H3,(H2,10,11)(H,12,13,14,16). The lowest BCUT2D eigenvalue weighted by Gasteiger charge is -2.03. The van der Waals surface area contributed by atoms with E-state index in [2.05, 4.69) is 20.4 Å². The first-order chi connectivity index (χ1) is 7.66. The summed E-state index contributed by atoms with van der Waals surface area (Å²) in [5.41, 5.74) is 5.83. The number of rotatable bonds is 2. The first-order valence-electron chi connectivity index (χ1n) is 4.53. The Kier molecular flexibility index (Phi) is 2.50. The summed E-state index contributed by atoms with van der Waals surface area (Å²) in [6, 6.07) is 3.15. The highest BCUT2D eigenvalue weighted by atomic mass is 16.1. The molecule has 0 aliphatic rings. The predicted molar refractivity (Wildman–Crippen MR) is 57.6 cm³/mol. The molecule has 0 bridgehead atoms. The van der Waals surface area contributed by atoms with Crippen LogP contribution in [0.5, 0.6) is 0 Å². The average molecular weight is 218 g/mol. The molecule has 0 saturated heterocycles. The van der Waals surface area contributed by atoms with Crippen molar-refractivity contribution in [3.05, 3.63) is 30.2 Å². The Bertz CT molecular complexity index is 503. The number of hydrogen-bond donors (Lipinski definition) is 2. The molecule has 0 radical (unpaired) electrons. The largest absolute Gasteiger partial charge is 0.384 e. The van der Waals surface area contributed by atoms with Crippen LogP contribution in [0.2, 0.25) is 0 Å². The molecule has 0 unspecified atom stereocenters. The van der Waals surface area contributed by atoms with Crippen LogP contribution in [0.25, 0.3) is 0 Å². The lowest BCUT2D eigenvalue weighted by atomic mass is 10.2. The fourth-order valence-corrected chi connectivity index (χ4v) is 1.12. The van der Waals surface area contributed by atoms with Gasteiger partial charge in [0.2, 0.25) is 5.95 Å². The quantitative estimate of drug-likeness (QED) is 0.741. The van der Waals surface area contributed by atoms with Gasteiger partial charge in [-0.3, -0.25) is 10.1 Å². The molecular formula is C9H10N6O. The van der Waals surface area contributed by atoms with Crippen molar-refractivity contribution in [1.82, 2.24) is 19.7 Å². The van der Waals surface area contributed by atoms with Gasteiger partial charge in [0.25, 0.3) is 5.91 Å². The smallest absolute Gasteiger partial charge is 0.259 e. The predicted octanol–water partition coefficient (Wildman–Crippen LogP) is 0.0446. The molecule has 0 aliphatic carbocycles. The van der Waals surface area contributed by atoms with E-state index in [1.807, 2.05) is 0 Å². The van der Waals surface area contributed by atoms with Crippen LogP contribution >= 0.6 is 0 Å². The molecule has 3 N–H and O–H groups in total. The number of carbonyl (C=O) groups excluding carboxylic acids is 1. The summed E-state index contributed by atoms with van der Waals surface area (Å²) in [7, 11) is 1.68. The molecule has 0 saturated carbocycles. The van der Waals surface area contributed by atoms with Crippen molar-refractivity contribution in [3.8, 4) is 0 Å². The zero-order valence-corrected chi connectivity index (χ0v) is 8.58. The Morgan fingerprint density at radius 2 is 2.25 bits per heavy atom. The van der Waals surface area contributed by atoms with Crippen LogP contribution in [0.1, 0.15) is 10.4 Å². The van der Waals surface area contributed by atoms with Gasteiger partial charge >= 0.3 is 0 Å². The maximum Gasteiger partial charge on any atom is 0.259 e. The van der Waals surface area contributed by atoms with E-state index in [9.17, 15) is 4.79 Å². The summed E-state index contributed by atoms with van der Waals surface area (Å²) >= 11 is 0. The van der Waals surface area contributed by atoms with Gasteiger partial charge < -0.3 is 5.73 Å². The second-order valence-corrected chi connectivity index (χ2v) is 3.13. The summed E-state index contributed by atoms with van der Waals surface area (Å²) in [4.78, 5) is 19.4. The van der Waals surface area contributed by atoms with Crippen molar-refractivity contribution >= 4 is 17.7 Å². The van der Waals surface area contributed by atoms with Gasteiger partial charge in [0.1, 0.15) is 12.1 Å². The highest BCUT2D eigenvalue weighted by Crippen LogP contribution is 2.05. The first-order valence-corrected chi connectivity index (χ1v) is 4.53. The summed E-state index contributed by atoms with van der Waals surface area (Å²) < 4.78 is 1.46. The zero-order valence-electron chi connectivity index (χ0n) is 8.58. The van der Waals surface area contributed by atoms with Gasteiger partial charge in [-0.2, -0.15) is 10.1 Å². The van der Waals surface area contributed by atoms with Crippen LogP contribution in [-0.2, 0) is 7.05 Å². The number of aromatic nitrogens is 4. The fourth-order valence-electron chi connectivity index (χ4n) is 1.12. The van der Waals surface area contributed by atoms with Gasteiger partial charge in [-0.25, -0.2) is 9.67 Å². The van der Waals surface area contributed by atoms with Crippen molar-refractivity contribution in [2.75, 3.05) is 11.1 Å². The number of nitrogens with zero attached hydrogens (tertiary/aromatic N) is 4. The van der Waals surface area contributed by atoms with E-state index in [1.54, 1.807) is 19.2 Å². The normalized spacial score (nSPS) is 10.1. The van der Waals surface area contributed by atoms with Gasteiger partial charge in [0.05, 0.1) is 5.56 Å². The molecule has 16 heavy (non-hydrogen) atoms. The lowest BCUT2D eigenvalue weighted by Crippen LogP contribution is -2.15. The topological polar surface area (TPSA) is 98.7 Å². The van der Waals surface area contributed by atoms with Crippen molar-refractivity contribution in [2.24, 2.45) is 7.05 Å². The van der Waals surface area contributed by atoms with Crippen LogP contribution in [0.4, 0.5) is 11.8 Å². The highest BCUT2D eigenvalue weighted by Gasteiger charge is 2.09. The molecule has 2 aromatic heterocycles. The third-order valence-electron chi connectivity index (χ3n) is 1.99. The van der Waals surface area contributed by atoms with E-state index in [0.717, 1.165) is 0 Å². The van der Waals surface area contributed by atoms with Gasteiger partial charge in [-0.05, 0) is 12.1 Å². The van der Waals surface area contributed by atoms with Crippen molar-refractivity contribution < 1.29 is 4.79 Å². The first kappa shape index (κ1) is 10.1. The van der Waals surface area contributed by atoms with E-state index in [1.165, 1.54) is 17.2 Å². The number of nitrogen functional groups attached to an aromatic ring is 1. The maximum atomic E-state index is 11.7. The molecule has 0 fully saturated rings. The molecular weight excluding hydrogens is 208 g/mol. The molecule has 0 atom stereocenters. The van der Waals surface area contributed by atoms with Gasteiger partial charge in [-0.15, -0.1) is 0 Å². The number of hydrogen-bond acceptors (Lipinski definition) is 5. The van der Waals surface area contributed by atoms with Crippen molar-refractivity contribution in [1.29, 1.82) is 0 Å². The van der Waals surface area contributed by atoms with Gasteiger partial charge in [-0.1, -0.05) is 0 Å². The molecule has 1 amide bonds. The third-order valence-corrected chi connectivity index (χ3v) is 1.99. The molecule has 82 valence electrons. The van der Waals surface area contributed by atoms with E-state index in [-0.39, 0.29) is 5.91 Å². The Morgan fingerprint density at radius 3 is 2.81 bits per heavy atom. The monoisotopic (exact) mass is 218 g/mol. The molecule has 7 heteroatoms. The zero-order chi connectivity index (χ0) is 11.5. The van der Waals surface area contributed by atoms with Crippen molar-refractivity contribution in [2.45, 2.75) is 0 Å². The molecule has 2 aromatic rings. The van der Waals surface area contributed by atoms with Gasteiger partial charge in [0, 0.05) is 13.2 Å². The molecule has 2 heterocycles. The number of carbonyl (C=O) groups is 1. The molecule has 0 spiro atoms. The molecule has 2 rings (SSSR count). The Hall–Kier alpha value is -2.44. The third kappa shape index (κ3) is 1.97. The van der Waals surface area contributed by atoms with Crippen LogP contribution in [0.15, 0.2) is 24.7 Å². The maximum absolute atomic E-state index is 11.7. The van der Waals surface area contributed by atoms with E-state index >= 15 is 0 Å². The van der Waals surface area contributed by atoms with Crippen LogP contribution in [-0.4, -0.2) is 25.7 Å². The number of aryl methyl sites for hydroxylation is 1. The number of nitrogens with one attached hydrogen (secondary N) is 1. The second-order valence-electron chi connectivity index (χ2n) is 3.13. The number of nitrogens with two attached hydrogens (primary N) is 1. The van der Waals surface area contributed by atoms with Crippen LogP contribution < -0.4 is 11.1 Å². The molecule has 7 nitrogen and oxygen atoms in total. The molecule has 0 aliphatic heterocycles. The minimum absolute atomic E-state index is 0.302. The number of pyridine rings is 1. The molecule has 0 aromatic carbocycles. The average Bonchev–Trinajstić information content (AvgIpc) is 2.65. The lowest BCUT2D eigenvalue weighted by molar-refractivity contribution is 0.102. The van der Waals surface area contributed by atoms with Gasteiger partial charge in [0.15, 0.2) is 0 Å². The van der Waals surface area contributed by atoms with Crippen LogP contribution in [0.3, 0.4) is 0 Å². The van der Waals surface area contributed by atoms with Crippen molar-refractivity contribution in [3.63, 3.8) is 0 Å². The summed E-state index contributed by atoms with van der Waals surface area (Å²) in [5.74, 6) is 0.445. The van der Waals surface area contributed by atoms with E-state index in [4.69, 9.17) is 5.73 Å². The summed E-state index contributed by atoms with van der Waals surface area (Å²) in [6.45, 7) is 0. The van der Waals surface area contributed by atoms with E-state index < -0.39 is 0 Å². The minimum Gasteiger partial charge on any atom is -0.384 e. The van der Waals surface area contributed by atoms with E-state index in [0.29, 0.717) is 17.3 Å². The Morgan fingerprint density at radius 1 is 1.44 bits per heavy atom. The number of amides is 1. The SMILES string of the molecule is Cn1ncnc1NC(=O)c1ccc(N)nc1. The Balaban J connectivity index is 2.15. The van der Waals surface area contributed by atoms with Crippen LogP contribution in [0, 0.1) is 0 Å². The summed E-state index contributed by atoms with van der Waals surface area (Å²) in [5, 5.41) is 6.43. The fraction of sp³-hybridized carbons (Fsp3) is 0.111. The minimum atomic E-state index is -0.302. The summed E-state index contributed by atoms with van der Waals surface area (Å²) in [6.07, 6.45) is 2.76. The number of anilines is 2.